The van der Waals surface area contributed by atoms with Gasteiger partial charge >= 0.3 is 0 Å². The number of nitrogens with one attached hydrogen (secondary N) is 1. The molecule has 1 fully saturated rings. The van der Waals surface area contributed by atoms with Gasteiger partial charge in [0, 0.05) is 25.2 Å². The summed E-state index contributed by atoms with van der Waals surface area (Å²) in [5.41, 5.74) is 2.88. The summed E-state index contributed by atoms with van der Waals surface area (Å²) in [4.78, 5) is 2.64. The highest BCUT2D eigenvalue weighted by molar-refractivity contribution is 5.22. The number of rotatable bonds is 5. The Kier molecular flexibility index (Phi) is 5.62. The van der Waals surface area contributed by atoms with Crippen LogP contribution in [0.5, 0.6) is 0 Å². The lowest BCUT2D eigenvalue weighted by molar-refractivity contribution is 0.0790. The van der Waals surface area contributed by atoms with E-state index in [-0.39, 0.29) is 0 Å². The summed E-state index contributed by atoms with van der Waals surface area (Å²) in [6.07, 6.45) is 2.40. The number of benzene rings is 1. The largest absolute Gasteiger partial charge is 0.314 e. The first-order valence-electron chi connectivity index (χ1n) is 8.21. The fourth-order valence-electron chi connectivity index (χ4n) is 3.33. The molecule has 1 N–H and O–H groups in total. The van der Waals surface area contributed by atoms with Crippen LogP contribution in [0.3, 0.4) is 0 Å². The zero-order valence-corrected chi connectivity index (χ0v) is 13.5. The molecule has 1 aromatic rings. The van der Waals surface area contributed by atoms with Gasteiger partial charge < -0.3 is 5.32 Å². The zero-order chi connectivity index (χ0) is 14.5. The van der Waals surface area contributed by atoms with Crippen LogP contribution in [-0.4, -0.2) is 30.1 Å². The van der Waals surface area contributed by atoms with Crippen LogP contribution >= 0.6 is 0 Å². The van der Waals surface area contributed by atoms with Gasteiger partial charge in [0.15, 0.2) is 0 Å². The lowest BCUT2D eigenvalue weighted by Gasteiger charge is -2.43. The van der Waals surface area contributed by atoms with E-state index in [4.69, 9.17) is 0 Å². The van der Waals surface area contributed by atoms with Crippen LogP contribution in [0.4, 0.5) is 0 Å². The van der Waals surface area contributed by atoms with Crippen molar-refractivity contribution in [1.29, 1.82) is 0 Å². The van der Waals surface area contributed by atoms with Gasteiger partial charge in [-0.15, -0.1) is 0 Å². The van der Waals surface area contributed by atoms with Crippen LogP contribution in [0.2, 0.25) is 0 Å². The van der Waals surface area contributed by atoms with E-state index >= 15 is 0 Å². The molecule has 3 unspecified atom stereocenters. The van der Waals surface area contributed by atoms with E-state index in [0.29, 0.717) is 12.1 Å². The average Bonchev–Trinajstić information content (AvgIpc) is 2.48. The van der Waals surface area contributed by atoms with E-state index in [9.17, 15) is 0 Å². The fourth-order valence-corrected chi connectivity index (χ4v) is 3.33. The molecule has 2 heteroatoms. The second-order valence-corrected chi connectivity index (χ2v) is 6.19. The molecule has 1 aromatic carbocycles. The monoisotopic (exact) mass is 274 g/mol. The molecule has 0 amide bonds. The summed E-state index contributed by atoms with van der Waals surface area (Å²) in [6, 6.07) is 10.5. The zero-order valence-electron chi connectivity index (χ0n) is 13.5. The van der Waals surface area contributed by atoms with E-state index in [2.05, 4.69) is 62.2 Å². The molecule has 1 aliphatic heterocycles. The first kappa shape index (κ1) is 15.5. The summed E-state index contributed by atoms with van der Waals surface area (Å²) >= 11 is 0. The first-order valence-corrected chi connectivity index (χ1v) is 8.21. The van der Waals surface area contributed by atoms with Crippen LogP contribution in [0, 0.1) is 5.92 Å². The normalized spacial score (nSPS) is 27.7. The number of aryl methyl sites for hydroxylation is 1. The summed E-state index contributed by atoms with van der Waals surface area (Å²) in [6.45, 7) is 12.6. The number of piperidine rings is 1. The minimum Gasteiger partial charge on any atom is -0.314 e. The van der Waals surface area contributed by atoms with Crippen molar-refractivity contribution >= 4 is 0 Å². The summed E-state index contributed by atoms with van der Waals surface area (Å²) < 4.78 is 0. The minimum atomic E-state index is 0.652. The molecule has 2 rings (SSSR count). The second-order valence-electron chi connectivity index (χ2n) is 6.19. The van der Waals surface area contributed by atoms with E-state index < -0.39 is 0 Å². The molecule has 1 saturated heterocycles. The van der Waals surface area contributed by atoms with Crippen molar-refractivity contribution in [3.63, 3.8) is 0 Å². The van der Waals surface area contributed by atoms with Gasteiger partial charge in [0.1, 0.15) is 0 Å². The highest BCUT2D eigenvalue weighted by Crippen LogP contribution is 2.25. The molecule has 1 aliphatic rings. The van der Waals surface area contributed by atoms with Crippen LogP contribution in [0.15, 0.2) is 24.3 Å². The Labute approximate surface area is 124 Å². The van der Waals surface area contributed by atoms with Gasteiger partial charge in [-0.05, 0) is 43.4 Å². The van der Waals surface area contributed by atoms with Gasteiger partial charge in [-0.1, -0.05) is 45.0 Å². The average molecular weight is 274 g/mol. The van der Waals surface area contributed by atoms with E-state index in [0.717, 1.165) is 25.4 Å². The Morgan fingerprint density at radius 1 is 1.10 bits per heavy atom. The number of hydrogen-bond acceptors (Lipinski definition) is 2. The first-order chi connectivity index (χ1) is 9.65. The van der Waals surface area contributed by atoms with E-state index in [1.165, 1.54) is 24.1 Å². The van der Waals surface area contributed by atoms with Crippen LogP contribution < -0.4 is 5.32 Å². The predicted molar refractivity (Wildman–Crippen MR) is 86.9 cm³/mol. The Hall–Kier alpha value is -0.860. The van der Waals surface area contributed by atoms with Crippen molar-refractivity contribution in [2.24, 2.45) is 5.92 Å². The highest BCUT2D eigenvalue weighted by Gasteiger charge is 2.31. The summed E-state index contributed by atoms with van der Waals surface area (Å²) in [5, 5.41) is 3.64. The predicted octanol–water partition coefficient (Wildman–Crippen LogP) is 3.46. The van der Waals surface area contributed by atoms with Gasteiger partial charge in [0.2, 0.25) is 0 Å². The van der Waals surface area contributed by atoms with Crippen molar-refractivity contribution in [2.75, 3.05) is 13.1 Å². The molecule has 0 spiro atoms. The molecule has 0 aromatic heterocycles. The third-order valence-corrected chi connectivity index (χ3v) is 4.98. The van der Waals surface area contributed by atoms with Gasteiger partial charge in [-0.2, -0.15) is 0 Å². The Morgan fingerprint density at radius 2 is 1.75 bits per heavy atom. The molecule has 112 valence electrons. The lowest BCUT2D eigenvalue weighted by atomic mass is 9.86. The van der Waals surface area contributed by atoms with Gasteiger partial charge in [0.25, 0.3) is 0 Å². The van der Waals surface area contributed by atoms with Crippen molar-refractivity contribution in [1.82, 2.24) is 10.2 Å². The minimum absolute atomic E-state index is 0.652. The van der Waals surface area contributed by atoms with Gasteiger partial charge in [0.05, 0.1) is 0 Å². The fraction of sp³-hybridized carbons (Fsp3) is 0.667. The maximum absolute atomic E-state index is 3.64. The van der Waals surface area contributed by atoms with Crippen molar-refractivity contribution in [2.45, 2.75) is 59.2 Å². The third-order valence-electron chi connectivity index (χ3n) is 4.98. The maximum Gasteiger partial charge on any atom is 0.0236 e. The second kappa shape index (κ2) is 7.24. The highest BCUT2D eigenvalue weighted by atomic mass is 15.2. The quantitative estimate of drug-likeness (QED) is 0.884. The van der Waals surface area contributed by atoms with E-state index in [1.54, 1.807) is 0 Å². The molecule has 0 bridgehead atoms. The maximum atomic E-state index is 3.64. The lowest BCUT2D eigenvalue weighted by Crippen LogP contribution is -2.52. The number of hydrogen-bond donors (Lipinski definition) is 1. The van der Waals surface area contributed by atoms with Gasteiger partial charge in [-0.3, -0.25) is 4.90 Å². The molecule has 0 saturated carbocycles. The molecule has 2 nitrogen and oxygen atoms in total. The van der Waals surface area contributed by atoms with Crippen molar-refractivity contribution in [3.8, 4) is 0 Å². The Bertz CT molecular complexity index is 398. The molecule has 1 heterocycles. The summed E-state index contributed by atoms with van der Waals surface area (Å²) in [5.74, 6) is 0.721. The topological polar surface area (TPSA) is 15.3 Å². The summed E-state index contributed by atoms with van der Waals surface area (Å²) in [7, 11) is 0. The van der Waals surface area contributed by atoms with Crippen molar-refractivity contribution < 1.29 is 0 Å². The van der Waals surface area contributed by atoms with Crippen LogP contribution in [-0.2, 0) is 13.0 Å². The molecule has 0 aliphatic carbocycles. The standard InChI is InChI=1S/C18H30N2/c1-5-16-7-9-17(10-8-16)13-20-12-11-18(19-6-2)14(3)15(20)4/h7-10,14-15,18-19H,5-6,11-13H2,1-4H3. The third kappa shape index (κ3) is 3.62. The Balaban J connectivity index is 1.96. The van der Waals surface area contributed by atoms with Gasteiger partial charge in [-0.25, -0.2) is 0 Å². The molecular formula is C18H30N2. The molecule has 3 atom stereocenters. The molecule has 20 heavy (non-hydrogen) atoms. The SMILES string of the molecule is CCNC1CCN(Cc2ccc(CC)cc2)C(C)C1C. The van der Waals surface area contributed by atoms with Crippen LogP contribution in [0.25, 0.3) is 0 Å². The molecular weight excluding hydrogens is 244 g/mol. The van der Waals surface area contributed by atoms with Crippen molar-refractivity contribution in [3.05, 3.63) is 35.4 Å². The number of nitrogens with zero attached hydrogens (tertiary/aromatic N) is 1. The van der Waals surface area contributed by atoms with Crippen LogP contribution in [0.1, 0.15) is 45.2 Å². The van der Waals surface area contributed by atoms with E-state index in [1.807, 2.05) is 0 Å². The Morgan fingerprint density at radius 3 is 2.35 bits per heavy atom. The molecule has 0 radical (unpaired) electrons. The number of likely N-dealkylation sites (tertiary alicyclic amines) is 1. The smallest absolute Gasteiger partial charge is 0.0236 e.